The quantitative estimate of drug-likeness (QED) is 0.912. The number of halogens is 2. The van der Waals surface area contributed by atoms with E-state index in [0.29, 0.717) is 29.8 Å². The predicted octanol–water partition coefficient (Wildman–Crippen LogP) is 4.05. The third-order valence-corrected chi connectivity index (χ3v) is 4.81. The van der Waals surface area contributed by atoms with Crippen LogP contribution in [0.15, 0.2) is 48.5 Å². The van der Waals surface area contributed by atoms with Gasteiger partial charge in [0.05, 0.1) is 5.60 Å². The molecule has 0 aromatic heterocycles. The molecule has 4 heteroatoms. The highest BCUT2D eigenvalue weighted by molar-refractivity contribution is 6.30. The summed E-state index contributed by atoms with van der Waals surface area (Å²) >= 11 is 5.78. The third-order valence-electron chi connectivity index (χ3n) is 4.57. The van der Waals surface area contributed by atoms with Crippen LogP contribution in [-0.2, 0) is 13.0 Å². The fraction of sp³-hybridized carbons (Fsp3) is 0.368. The Kier molecular flexibility index (Phi) is 5.00. The lowest BCUT2D eigenvalue weighted by Crippen LogP contribution is -2.45. The third kappa shape index (κ3) is 4.31. The molecular weight excluding hydrogens is 313 g/mol. The molecule has 122 valence electrons. The smallest absolute Gasteiger partial charge is 0.127 e. The number of nitrogens with zero attached hydrogens (tertiary/aromatic N) is 1. The summed E-state index contributed by atoms with van der Waals surface area (Å²) in [6, 6.07) is 15.0. The van der Waals surface area contributed by atoms with E-state index in [9.17, 15) is 9.50 Å². The fourth-order valence-electron chi connectivity index (χ4n) is 3.17. The van der Waals surface area contributed by atoms with Gasteiger partial charge in [0.25, 0.3) is 0 Å². The largest absolute Gasteiger partial charge is 0.389 e. The van der Waals surface area contributed by atoms with Gasteiger partial charge in [0.15, 0.2) is 0 Å². The lowest BCUT2D eigenvalue weighted by Gasteiger charge is -2.38. The van der Waals surface area contributed by atoms with Crippen molar-refractivity contribution < 1.29 is 9.50 Å². The highest BCUT2D eigenvalue weighted by atomic mass is 35.5. The summed E-state index contributed by atoms with van der Waals surface area (Å²) in [5, 5.41) is 11.2. The van der Waals surface area contributed by atoms with Crippen LogP contribution in [0.3, 0.4) is 0 Å². The molecule has 0 radical (unpaired) electrons. The Morgan fingerprint density at radius 3 is 2.43 bits per heavy atom. The molecule has 0 spiro atoms. The highest BCUT2D eigenvalue weighted by Gasteiger charge is 2.33. The number of rotatable bonds is 4. The van der Waals surface area contributed by atoms with Gasteiger partial charge in [-0.25, -0.2) is 4.39 Å². The zero-order valence-corrected chi connectivity index (χ0v) is 13.8. The summed E-state index contributed by atoms with van der Waals surface area (Å²) in [7, 11) is 0. The van der Waals surface area contributed by atoms with Gasteiger partial charge in [0.1, 0.15) is 5.82 Å². The SMILES string of the molecule is OC1(Cc2ccc(Cl)cc2F)CCN(Cc2ccccc2)CC1. The minimum absolute atomic E-state index is 0.336. The van der Waals surface area contributed by atoms with E-state index < -0.39 is 5.60 Å². The Balaban J connectivity index is 1.58. The number of hydrogen-bond donors (Lipinski definition) is 1. The molecule has 23 heavy (non-hydrogen) atoms. The first-order valence-corrected chi connectivity index (χ1v) is 8.34. The summed E-state index contributed by atoms with van der Waals surface area (Å²) < 4.78 is 13.9. The van der Waals surface area contributed by atoms with Crippen molar-refractivity contribution in [2.45, 2.75) is 31.4 Å². The van der Waals surface area contributed by atoms with E-state index in [1.54, 1.807) is 12.1 Å². The van der Waals surface area contributed by atoms with E-state index in [-0.39, 0.29) is 5.82 Å². The average Bonchev–Trinajstić information content (AvgIpc) is 2.54. The number of piperidine rings is 1. The zero-order valence-electron chi connectivity index (χ0n) is 13.0. The van der Waals surface area contributed by atoms with Gasteiger partial charge in [-0.3, -0.25) is 4.90 Å². The van der Waals surface area contributed by atoms with Gasteiger partial charge in [-0.15, -0.1) is 0 Å². The van der Waals surface area contributed by atoms with Crippen molar-refractivity contribution >= 4 is 11.6 Å². The summed E-state index contributed by atoms with van der Waals surface area (Å²) in [6.45, 7) is 2.54. The second kappa shape index (κ2) is 7.00. The molecule has 1 fully saturated rings. The van der Waals surface area contributed by atoms with E-state index in [4.69, 9.17) is 11.6 Å². The normalized spacial score (nSPS) is 18.0. The van der Waals surface area contributed by atoms with Gasteiger partial charge >= 0.3 is 0 Å². The molecule has 3 rings (SSSR count). The van der Waals surface area contributed by atoms with Crippen molar-refractivity contribution in [3.05, 3.63) is 70.5 Å². The van der Waals surface area contributed by atoms with E-state index >= 15 is 0 Å². The molecule has 2 nitrogen and oxygen atoms in total. The van der Waals surface area contributed by atoms with Crippen LogP contribution < -0.4 is 0 Å². The summed E-state index contributed by atoms with van der Waals surface area (Å²) in [6.07, 6.45) is 1.65. The van der Waals surface area contributed by atoms with Crippen molar-refractivity contribution in [2.75, 3.05) is 13.1 Å². The number of likely N-dealkylation sites (tertiary alicyclic amines) is 1. The Hall–Kier alpha value is -1.42. The molecular formula is C19H21ClFNO. The van der Waals surface area contributed by atoms with E-state index in [1.807, 2.05) is 18.2 Å². The first-order valence-electron chi connectivity index (χ1n) is 7.97. The van der Waals surface area contributed by atoms with Crippen molar-refractivity contribution in [3.8, 4) is 0 Å². The average molecular weight is 334 g/mol. The molecule has 0 amide bonds. The molecule has 2 aromatic rings. The minimum atomic E-state index is -0.831. The van der Waals surface area contributed by atoms with Crippen LogP contribution in [0.1, 0.15) is 24.0 Å². The summed E-state index contributed by atoms with van der Waals surface area (Å²) in [4.78, 5) is 2.34. The van der Waals surface area contributed by atoms with Gasteiger partial charge in [0.2, 0.25) is 0 Å². The maximum absolute atomic E-state index is 13.9. The second-order valence-corrected chi connectivity index (χ2v) is 6.84. The van der Waals surface area contributed by atoms with Gasteiger partial charge < -0.3 is 5.11 Å². The predicted molar refractivity (Wildman–Crippen MR) is 91.0 cm³/mol. The van der Waals surface area contributed by atoms with Crippen LogP contribution in [0.25, 0.3) is 0 Å². The first kappa shape index (κ1) is 16.4. The molecule has 1 aliphatic heterocycles. The lowest BCUT2D eigenvalue weighted by atomic mass is 9.85. The van der Waals surface area contributed by atoms with E-state index in [2.05, 4.69) is 17.0 Å². The Morgan fingerprint density at radius 2 is 1.78 bits per heavy atom. The topological polar surface area (TPSA) is 23.5 Å². The van der Waals surface area contributed by atoms with Crippen LogP contribution in [0.4, 0.5) is 4.39 Å². The van der Waals surface area contributed by atoms with Gasteiger partial charge in [0, 0.05) is 31.1 Å². The lowest BCUT2D eigenvalue weighted by molar-refractivity contribution is -0.0230. The molecule has 1 N–H and O–H groups in total. The molecule has 0 atom stereocenters. The number of hydrogen-bond acceptors (Lipinski definition) is 2. The maximum Gasteiger partial charge on any atom is 0.127 e. The molecule has 2 aromatic carbocycles. The van der Waals surface area contributed by atoms with Crippen molar-refractivity contribution in [3.63, 3.8) is 0 Å². The first-order chi connectivity index (χ1) is 11.0. The monoisotopic (exact) mass is 333 g/mol. The van der Waals surface area contributed by atoms with E-state index in [0.717, 1.165) is 19.6 Å². The van der Waals surface area contributed by atoms with Crippen LogP contribution in [0.2, 0.25) is 5.02 Å². The maximum atomic E-state index is 13.9. The van der Waals surface area contributed by atoms with Crippen molar-refractivity contribution in [2.24, 2.45) is 0 Å². The Bertz CT molecular complexity index is 654. The number of benzene rings is 2. The zero-order chi connectivity index (χ0) is 16.3. The summed E-state index contributed by atoms with van der Waals surface area (Å²) in [5.74, 6) is -0.336. The standard InChI is InChI=1S/C19H21ClFNO/c20-17-7-6-16(18(21)12-17)13-19(23)8-10-22(11-9-19)14-15-4-2-1-3-5-15/h1-7,12,23H,8-11,13-14H2. The van der Waals surface area contributed by atoms with Crippen LogP contribution >= 0.6 is 11.6 Å². The van der Waals surface area contributed by atoms with Crippen LogP contribution in [0.5, 0.6) is 0 Å². The second-order valence-electron chi connectivity index (χ2n) is 6.40. The minimum Gasteiger partial charge on any atom is -0.389 e. The number of aliphatic hydroxyl groups is 1. The van der Waals surface area contributed by atoms with Gasteiger partial charge in [-0.05, 0) is 36.1 Å². The Morgan fingerprint density at radius 1 is 1.09 bits per heavy atom. The molecule has 0 saturated carbocycles. The van der Waals surface area contributed by atoms with Gasteiger partial charge in [-0.2, -0.15) is 0 Å². The van der Waals surface area contributed by atoms with Gasteiger partial charge in [-0.1, -0.05) is 48.0 Å². The summed E-state index contributed by atoms with van der Waals surface area (Å²) in [5.41, 5.74) is 0.983. The van der Waals surface area contributed by atoms with Crippen molar-refractivity contribution in [1.29, 1.82) is 0 Å². The molecule has 0 bridgehead atoms. The highest BCUT2D eigenvalue weighted by Crippen LogP contribution is 2.28. The fourth-order valence-corrected chi connectivity index (χ4v) is 3.32. The van der Waals surface area contributed by atoms with Crippen LogP contribution in [-0.4, -0.2) is 28.7 Å². The Labute approximate surface area is 141 Å². The molecule has 1 aliphatic rings. The molecule has 1 saturated heterocycles. The molecule has 0 unspecified atom stereocenters. The van der Waals surface area contributed by atoms with E-state index in [1.165, 1.54) is 11.6 Å². The van der Waals surface area contributed by atoms with Crippen LogP contribution in [0, 0.1) is 5.82 Å². The van der Waals surface area contributed by atoms with Crippen molar-refractivity contribution in [1.82, 2.24) is 4.90 Å². The molecule has 0 aliphatic carbocycles. The molecule has 1 heterocycles.